The van der Waals surface area contributed by atoms with Crippen LogP contribution in [0, 0.1) is 0 Å². The molecule has 6 heteroatoms. The Labute approximate surface area is 186 Å². The van der Waals surface area contributed by atoms with E-state index in [4.69, 9.17) is 30.9 Å². The normalized spacial score (nSPS) is 19.2. The molecule has 0 aliphatic carbocycles. The van der Waals surface area contributed by atoms with Crippen molar-refractivity contribution in [1.29, 1.82) is 0 Å². The minimum atomic E-state index is -0.329. The number of benzene rings is 3. The van der Waals surface area contributed by atoms with Crippen LogP contribution in [0.25, 0.3) is 0 Å². The van der Waals surface area contributed by atoms with Gasteiger partial charge in [0.15, 0.2) is 0 Å². The molecule has 0 saturated heterocycles. The molecule has 2 aliphatic rings. The smallest absolute Gasteiger partial charge is 0.213 e. The molecule has 158 valence electrons. The second-order valence-corrected chi connectivity index (χ2v) is 7.97. The van der Waals surface area contributed by atoms with Crippen LogP contribution in [0.1, 0.15) is 42.3 Å². The van der Waals surface area contributed by atoms with Crippen molar-refractivity contribution in [3.63, 3.8) is 0 Å². The molecule has 0 amide bonds. The first kappa shape index (κ1) is 19.8. The minimum absolute atomic E-state index is 0.0520. The molecule has 2 heterocycles. The second-order valence-electron chi connectivity index (χ2n) is 7.53. The highest BCUT2D eigenvalue weighted by molar-refractivity contribution is 6.30. The van der Waals surface area contributed by atoms with Crippen LogP contribution in [0.15, 0.2) is 71.8 Å². The van der Waals surface area contributed by atoms with Crippen molar-refractivity contribution in [1.82, 2.24) is 5.01 Å². The van der Waals surface area contributed by atoms with Gasteiger partial charge in [0.1, 0.15) is 17.2 Å². The Morgan fingerprint density at radius 3 is 2.48 bits per heavy atom. The van der Waals surface area contributed by atoms with Gasteiger partial charge in [-0.25, -0.2) is 5.01 Å². The number of rotatable bonds is 5. The summed E-state index contributed by atoms with van der Waals surface area (Å²) in [5, 5.41) is 7.73. The summed E-state index contributed by atoms with van der Waals surface area (Å²) in [7, 11) is 1.67. The fourth-order valence-electron chi connectivity index (χ4n) is 4.13. The van der Waals surface area contributed by atoms with Gasteiger partial charge in [-0.15, -0.1) is 0 Å². The molecule has 5 nitrogen and oxygen atoms in total. The molecule has 2 atom stereocenters. The first-order valence-corrected chi connectivity index (χ1v) is 10.7. The summed E-state index contributed by atoms with van der Waals surface area (Å²) in [6.07, 6.45) is 0.446. The fraction of sp³-hybridized carbons (Fsp3) is 0.240. The maximum Gasteiger partial charge on any atom is 0.213 e. The zero-order valence-corrected chi connectivity index (χ0v) is 18.2. The number of hydrogen-bond donors (Lipinski definition) is 0. The largest absolute Gasteiger partial charge is 0.497 e. The van der Waals surface area contributed by atoms with Gasteiger partial charge in [0.25, 0.3) is 0 Å². The average molecular weight is 435 g/mol. The Balaban J connectivity index is 1.53. The highest BCUT2D eigenvalue weighted by Gasteiger charge is 2.41. The molecule has 0 aromatic heterocycles. The van der Waals surface area contributed by atoms with Gasteiger partial charge in [-0.2, -0.15) is 5.10 Å². The summed E-state index contributed by atoms with van der Waals surface area (Å²) in [6.45, 7) is 2.61. The van der Waals surface area contributed by atoms with Gasteiger partial charge in [-0.3, -0.25) is 0 Å². The Morgan fingerprint density at radius 1 is 1.03 bits per heavy atom. The predicted octanol–water partition coefficient (Wildman–Crippen LogP) is 5.99. The van der Waals surface area contributed by atoms with Crippen LogP contribution in [0.2, 0.25) is 5.02 Å². The topological polar surface area (TPSA) is 43.3 Å². The number of fused-ring (bicyclic) bond motifs is 3. The van der Waals surface area contributed by atoms with Gasteiger partial charge in [0.2, 0.25) is 6.23 Å². The van der Waals surface area contributed by atoms with E-state index in [9.17, 15) is 0 Å². The van der Waals surface area contributed by atoms with Crippen LogP contribution in [-0.2, 0) is 0 Å². The lowest BCUT2D eigenvalue weighted by Gasteiger charge is -2.38. The van der Waals surface area contributed by atoms with Gasteiger partial charge < -0.3 is 14.2 Å². The third-order valence-corrected chi connectivity index (χ3v) is 5.89. The van der Waals surface area contributed by atoms with Crippen LogP contribution < -0.4 is 14.2 Å². The molecular weight excluding hydrogens is 412 g/mol. The number of hydrazone groups is 1. The molecule has 3 aromatic rings. The molecule has 31 heavy (non-hydrogen) atoms. The second kappa shape index (κ2) is 8.16. The first-order chi connectivity index (χ1) is 15.2. The third-order valence-electron chi connectivity index (χ3n) is 5.65. The van der Waals surface area contributed by atoms with Crippen molar-refractivity contribution in [3.8, 4) is 17.2 Å². The molecule has 0 unspecified atom stereocenters. The van der Waals surface area contributed by atoms with E-state index in [1.165, 1.54) is 0 Å². The minimum Gasteiger partial charge on any atom is -0.497 e. The summed E-state index contributed by atoms with van der Waals surface area (Å²) < 4.78 is 17.3. The Bertz CT molecular complexity index is 1110. The quantitative estimate of drug-likeness (QED) is 0.494. The molecule has 0 bridgehead atoms. The molecule has 2 aliphatic heterocycles. The number of hydrogen-bond acceptors (Lipinski definition) is 5. The van der Waals surface area contributed by atoms with E-state index in [0.29, 0.717) is 11.6 Å². The molecule has 0 spiro atoms. The Morgan fingerprint density at radius 2 is 1.77 bits per heavy atom. The number of nitrogens with zero attached hydrogens (tertiary/aromatic N) is 2. The van der Waals surface area contributed by atoms with Crippen LogP contribution in [0.4, 0.5) is 0 Å². The highest BCUT2D eigenvalue weighted by atomic mass is 35.5. The van der Waals surface area contributed by atoms with Gasteiger partial charge in [0, 0.05) is 22.6 Å². The Kier molecular flexibility index (Phi) is 5.20. The monoisotopic (exact) mass is 434 g/mol. The third kappa shape index (κ3) is 3.70. The zero-order chi connectivity index (χ0) is 21.4. The zero-order valence-electron chi connectivity index (χ0n) is 17.4. The molecule has 0 fully saturated rings. The molecular formula is C25H23ClN2O3. The maximum atomic E-state index is 6.41. The van der Waals surface area contributed by atoms with E-state index in [1.54, 1.807) is 7.11 Å². The lowest BCUT2D eigenvalue weighted by molar-refractivity contribution is -0.0190. The van der Waals surface area contributed by atoms with E-state index in [1.807, 2.05) is 78.7 Å². The van der Waals surface area contributed by atoms with E-state index in [2.05, 4.69) is 0 Å². The number of ether oxygens (including phenoxy) is 3. The van der Waals surface area contributed by atoms with Crippen molar-refractivity contribution in [2.45, 2.75) is 25.6 Å². The van der Waals surface area contributed by atoms with Crippen molar-refractivity contribution in [2.24, 2.45) is 5.10 Å². The van der Waals surface area contributed by atoms with Gasteiger partial charge >= 0.3 is 0 Å². The van der Waals surface area contributed by atoms with Crippen molar-refractivity contribution < 1.29 is 14.2 Å². The van der Waals surface area contributed by atoms with Crippen LogP contribution in [0.5, 0.6) is 17.2 Å². The van der Waals surface area contributed by atoms with Crippen LogP contribution >= 0.6 is 11.6 Å². The maximum absolute atomic E-state index is 6.41. The average Bonchev–Trinajstić information content (AvgIpc) is 3.25. The van der Waals surface area contributed by atoms with Gasteiger partial charge in [-0.05, 0) is 79.2 Å². The van der Waals surface area contributed by atoms with Gasteiger partial charge in [0.05, 0.1) is 25.5 Å². The van der Waals surface area contributed by atoms with Crippen molar-refractivity contribution >= 4 is 17.3 Å². The van der Waals surface area contributed by atoms with E-state index < -0.39 is 0 Å². The van der Waals surface area contributed by atoms with Crippen molar-refractivity contribution in [2.75, 3.05) is 13.7 Å². The van der Waals surface area contributed by atoms with E-state index in [-0.39, 0.29) is 12.3 Å². The van der Waals surface area contributed by atoms with E-state index >= 15 is 0 Å². The summed E-state index contributed by atoms with van der Waals surface area (Å²) in [5.74, 6) is 2.51. The molecule has 3 aromatic carbocycles. The summed E-state index contributed by atoms with van der Waals surface area (Å²) in [4.78, 5) is 0. The summed E-state index contributed by atoms with van der Waals surface area (Å²) >= 11 is 6.32. The summed E-state index contributed by atoms with van der Waals surface area (Å²) in [5.41, 5.74) is 4.17. The lowest BCUT2D eigenvalue weighted by Crippen LogP contribution is -2.33. The predicted molar refractivity (Wildman–Crippen MR) is 121 cm³/mol. The van der Waals surface area contributed by atoms with Crippen molar-refractivity contribution in [3.05, 3.63) is 88.4 Å². The van der Waals surface area contributed by atoms with Crippen LogP contribution in [0.3, 0.4) is 0 Å². The molecule has 0 radical (unpaired) electrons. The molecule has 0 saturated carbocycles. The first-order valence-electron chi connectivity index (χ1n) is 10.4. The number of methoxy groups -OCH3 is 1. The number of halogens is 1. The fourth-order valence-corrected chi connectivity index (χ4v) is 4.31. The standard InChI is InChI=1S/C25H23ClN2O3/c1-3-30-20-11-6-17(7-12-20)25-28-23(21-14-18(26)8-13-24(21)31-25)15-22(27-28)16-4-9-19(29-2)10-5-16/h4-14,23,25H,3,15H2,1-2H3/t23-,25+/m0/s1. The summed E-state index contributed by atoms with van der Waals surface area (Å²) in [6, 6.07) is 21.9. The lowest BCUT2D eigenvalue weighted by atomic mass is 9.96. The van der Waals surface area contributed by atoms with Gasteiger partial charge in [-0.1, -0.05) is 11.6 Å². The Hall–Kier alpha value is -3.18. The van der Waals surface area contributed by atoms with E-state index in [0.717, 1.165) is 46.1 Å². The molecule has 5 rings (SSSR count). The highest BCUT2D eigenvalue weighted by Crippen LogP contribution is 2.48. The SMILES string of the molecule is CCOc1ccc([C@H]2Oc3ccc(Cl)cc3[C@@H]3CC(c4ccc(OC)cc4)=NN23)cc1. The molecule has 0 N–H and O–H groups in total. The van der Waals surface area contributed by atoms with Crippen LogP contribution in [-0.4, -0.2) is 24.4 Å².